The van der Waals surface area contributed by atoms with Crippen LogP contribution in [0.15, 0.2) is 46.9 Å². The number of halogens is 1. The van der Waals surface area contributed by atoms with E-state index < -0.39 is 21.9 Å². The number of aromatic nitrogens is 3. The number of hydrogen-bond acceptors (Lipinski definition) is 9. The van der Waals surface area contributed by atoms with E-state index in [1.165, 1.54) is 11.3 Å². The van der Waals surface area contributed by atoms with E-state index in [9.17, 15) is 13.2 Å². The molecule has 4 rings (SSSR count). The number of amides is 1. The molecule has 0 aliphatic carbocycles. The Bertz CT molecular complexity index is 1460. The van der Waals surface area contributed by atoms with Crippen LogP contribution in [-0.4, -0.2) is 35.3 Å². The third-order valence-corrected chi connectivity index (χ3v) is 6.49. The van der Waals surface area contributed by atoms with E-state index in [0.717, 1.165) is 5.56 Å². The van der Waals surface area contributed by atoms with Gasteiger partial charge in [-0.15, -0.1) is 21.5 Å². The number of ether oxygens (including phenoxy) is 1. The number of thiazole rings is 1. The molecule has 0 bridgehead atoms. The topological polar surface area (TPSA) is 136 Å². The number of nitrogens with one attached hydrogen (secondary N) is 2. The van der Waals surface area contributed by atoms with Crippen LogP contribution in [0.25, 0.3) is 21.3 Å². The van der Waals surface area contributed by atoms with Crippen LogP contribution >= 0.6 is 11.3 Å². The standard InChI is InChI=1S/C22H22FN5O5S2/c1-22(2,3)33-21(29)28-35(30,31)24-12-17-27-26-16(32-17)11-18-25-15-10-9-14(19(23)20(15)34-18)13-7-5-4-6-8-13/h4-10,24H,11-12H2,1-3H3,(H,28,29). The van der Waals surface area contributed by atoms with Crippen LogP contribution in [0.2, 0.25) is 0 Å². The molecule has 2 aromatic heterocycles. The highest BCUT2D eigenvalue weighted by molar-refractivity contribution is 7.88. The summed E-state index contributed by atoms with van der Waals surface area (Å²) in [6.07, 6.45) is -0.968. The molecule has 4 aromatic rings. The van der Waals surface area contributed by atoms with Crippen LogP contribution in [0.3, 0.4) is 0 Å². The molecular weight excluding hydrogens is 497 g/mol. The first kappa shape index (κ1) is 24.7. The minimum absolute atomic E-state index is 0.0202. The van der Waals surface area contributed by atoms with E-state index in [0.29, 0.717) is 20.8 Å². The molecule has 0 saturated heterocycles. The molecule has 0 radical (unpaired) electrons. The second kappa shape index (κ2) is 9.68. The van der Waals surface area contributed by atoms with Crippen LogP contribution < -0.4 is 9.44 Å². The molecule has 2 N–H and O–H groups in total. The molecule has 0 aliphatic heterocycles. The lowest BCUT2D eigenvalue weighted by Crippen LogP contribution is -2.42. The number of fused-ring (bicyclic) bond motifs is 1. The molecule has 0 aliphatic rings. The van der Waals surface area contributed by atoms with Crippen LogP contribution in [0, 0.1) is 5.82 Å². The summed E-state index contributed by atoms with van der Waals surface area (Å²) in [5.41, 5.74) is 0.920. The Kier molecular flexibility index (Phi) is 6.83. The number of rotatable bonds is 7. The summed E-state index contributed by atoms with van der Waals surface area (Å²) in [5.74, 6) is -0.189. The first-order valence-corrected chi connectivity index (χ1v) is 12.7. The van der Waals surface area contributed by atoms with Gasteiger partial charge < -0.3 is 9.15 Å². The van der Waals surface area contributed by atoms with Gasteiger partial charge in [-0.05, 0) is 38.5 Å². The fourth-order valence-corrected chi connectivity index (χ4v) is 4.72. The van der Waals surface area contributed by atoms with Gasteiger partial charge in [0, 0.05) is 5.56 Å². The summed E-state index contributed by atoms with van der Waals surface area (Å²) < 4.78 is 53.8. The quantitative estimate of drug-likeness (QED) is 0.375. The smallest absolute Gasteiger partial charge is 0.422 e. The van der Waals surface area contributed by atoms with Crippen molar-refractivity contribution in [3.8, 4) is 11.1 Å². The summed E-state index contributed by atoms with van der Waals surface area (Å²) in [6, 6.07) is 12.7. The number of nitrogens with zero attached hydrogens (tertiary/aromatic N) is 3. The Balaban J connectivity index is 1.41. The van der Waals surface area contributed by atoms with Gasteiger partial charge in [0.15, 0.2) is 0 Å². The predicted octanol–water partition coefficient (Wildman–Crippen LogP) is 3.94. The number of benzene rings is 2. The molecule has 0 spiro atoms. The minimum Gasteiger partial charge on any atom is -0.443 e. The van der Waals surface area contributed by atoms with Crippen molar-refractivity contribution in [2.75, 3.05) is 0 Å². The van der Waals surface area contributed by atoms with Crippen LogP contribution in [0.1, 0.15) is 37.6 Å². The van der Waals surface area contributed by atoms with Crippen molar-refractivity contribution in [2.24, 2.45) is 0 Å². The Hall–Kier alpha value is -3.42. The van der Waals surface area contributed by atoms with E-state index >= 15 is 4.39 Å². The second-order valence-electron chi connectivity index (χ2n) is 8.44. The Labute approximate surface area is 204 Å². The first-order chi connectivity index (χ1) is 16.5. The van der Waals surface area contributed by atoms with Crippen molar-refractivity contribution in [2.45, 2.75) is 39.3 Å². The molecule has 35 heavy (non-hydrogen) atoms. The lowest BCUT2D eigenvalue weighted by Gasteiger charge is -2.19. The SMILES string of the molecule is CC(C)(C)OC(=O)NS(=O)(=O)NCc1nnc(Cc2nc3ccc(-c4ccccc4)c(F)c3s2)o1. The van der Waals surface area contributed by atoms with Gasteiger partial charge in [0.2, 0.25) is 11.8 Å². The third-order valence-electron chi connectivity index (χ3n) is 4.47. The number of carbonyl (C=O) groups excluding carboxylic acids is 1. The van der Waals surface area contributed by atoms with Gasteiger partial charge in [-0.25, -0.2) is 18.9 Å². The summed E-state index contributed by atoms with van der Waals surface area (Å²) in [7, 11) is -4.20. The van der Waals surface area contributed by atoms with Gasteiger partial charge in [0.1, 0.15) is 16.4 Å². The average Bonchev–Trinajstić information content (AvgIpc) is 3.38. The molecule has 2 heterocycles. The van der Waals surface area contributed by atoms with Gasteiger partial charge in [0.25, 0.3) is 0 Å². The Morgan fingerprint density at radius 2 is 1.83 bits per heavy atom. The molecule has 1 amide bonds. The molecule has 2 aromatic carbocycles. The van der Waals surface area contributed by atoms with Gasteiger partial charge in [0.05, 0.1) is 23.2 Å². The summed E-state index contributed by atoms with van der Waals surface area (Å²) >= 11 is 1.18. The van der Waals surface area contributed by atoms with Crippen molar-refractivity contribution < 1.29 is 26.8 Å². The normalized spacial score (nSPS) is 12.1. The van der Waals surface area contributed by atoms with Crippen molar-refractivity contribution in [1.82, 2.24) is 24.6 Å². The lowest BCUT2D eigenvalue weighted by molar-refractivity contribution is 0.0569. The van der Waals surface area contributed by atoms with Gasteiger partial charge >= 0.3 is 16.3 Å². The maximum absolute atomic E-state index is 15.1. The van der Waals surface area contributed by atoms with Gasteiger partial charge in [-0.1, -0.05) is 30.3 Å². The zero-order valence-corrected chi connectivity index (χ0v) is 20.7. The number of carbonyl (C=O) groups is 1. The fraction of sp³-hybridized carbons (Fsp3) is 0.273. The van der Waals surface area contributed by atoms with Crippen molar-refractivity contribution in [3.63, 3.8) is 0 Å². The third kappa shape index (κ3) is 6.38. The molecule has 0 atom stereocenters. The molecule has 10 nitrogen and oxygen atoms in total. The zero-order chi connectivity index (χ0) is 25.2. The van der Waals surface area contributed by atoms with E-state index in [4.69, 9.17) is 9.15 Å². The molecule has 0 fully saturated rings. The van der Waals surface area contributed by atoms with E-state index in [1.54, 1.807) is 37.6 Å². The highest BCUT2D eigenvalue weighted by Gasteiger charge is 2.22. The molecule has 13 heteroatoms. The Morgan fingerprint density at radius 3 is 2.54 bits per heavy atom. The predicted molar refractivity (Wildman–Crippen MR) is 127 cm³/mol. The van der Waals surface area contributed by atoms with Crippen LogP contribution in [-0.2, 0) is 27.9 Å². The summed E-state index contributed by atoms with van der Waals surface area (Å²) in [5, 5.41) is 8.24. The van der Waals surface area contributed by atoms with Crippen LogP contribution in [0.4, 0.5) is 9.18 Å². The molecule has 0 saturated carbocycles. The number of hydrogen-bond donors (Lipinski definition) is 2. The molecule has 184 valence electrons. The Morgan fingerprint density at radius 1 is 1.11 bits per heavy atom. The molecule has 0 unspecified atom stereocenters. The van der Waals surface area contributed by atoms with E-state index in [2.05, 4.69) is 19.9 Å². The summed E-state index contributed by atoms with van der Waals surface area (Å²) in [4.78, 5) is 16.1. The van der Waals surface area contributed by atoms with Crippen molar-refractivity contribution in [3.05, 3.63) is 65.1 Å². The molecular formula is C22H22FN5O5S2. The highest BCUT2D eigenvalue weighted by Crippen LogP contribution is 2.33. The van der Waals surface area contributed by atoms with Crippen LogP contribution in [0.5, 0.6) is 0 Å². The largest absolute Gasteiger partial charge is 0.443 e. The average molecular weight is 520 g/mol. The maximum atomic E-state index is 15.1. The second-order valence-corrected chi connectivity index (χ2v) is 11.0. The fourth-order valence-electron chi connectivity index (χ4n) is 3.08. The van der Waals surface area contributed by atoms with Gasteiger partial charge in [-0.2, -0.15) is 13.1 Å². The summed E-state index contributed by atoms with van der Waals surface area (Å²) in [6.45, 7) is 4.47. The minimum atomic E-state index is -4.20. The van der Waals surface area contributed by atoms with Gasteiger partial charge in [-0.3, -0.25) is 0 Å². The van der Waals surface area contributed by atoms with Crippen molar-refractivity contribution in [1.29, 1.82) is 0 Å². The zero-order valence-electron chi connectivity index (χ0n) is 19.0. The monoisotopic (exact) mass is 519 g/mol. The van der Waals surface area contributed by atoms with Crippen molar-refractivity contribution >= 4 is 37.9 Å². The lowest BCUT2D eigenvalue weighted by atomic mass is 10.1. The van der Waals surface area contributed by atoms with E-state index in [1.807, 2.05) is 30.3 Å². The highest BCUT2D eigenvalue weighted by atomic mass is 32.2. The first-order valence-electron chi connectivity index (χ1n) is 10.4. The van der Waals surface area contributed by atoms with E-state index in [-0.39, 0.29) is 30.6 Å². The maximum Gasteiger partial charge on any atom is 0.422 e.